The Labute approximate surface area is 194 Å². The van der Waals surface area contributed by atoms with Gasteiger partial charge in [-0.05, 0) is 61.4 Å². The fourth-order valence-electron chi connectivity index (χ4n) is 3.91. The molecule has 1 amide bonds. The molecule has 2 N–H and O–H groups in total. The van der Waals surface area contributed by atoms with E-state index in [1.807, 2.05) is 61.5 Å². The van der Waals surface area contributed by atoms with Crippen molar-refractivity contribution in [3.05, 3.63) is 84.1 Å². The Bertz CT molecular complexity index is 1240. The van der Waals surface area contributed by atoms with E-state index in [9.17, 15) is 4.79 Å². The molecule has 0 saturated heterocycles. The normalized spacial score (nSPS) is 10.8. The lowest BCUT2D eigenvalue weighted by Gasteiger charge is -2.20. The number of nitrogens with zero attached hydrogens (tertiary/aromatic N) is 3. The Morgan fingerprint density at radius 2 is 1.58 bits per heavy atom. The average molecular weight is 440 g/mol. The largest absolute Gasteiger partial charge is 0.357 e. The van der Waals surface area contributed by atoms with Gasteiger partial charge in [-0.3, -0.25) is 4.79 Å². The van der Waals surface area contributed by atoms with E-state index < -0.39 is 0 Å². The molecule has 4 rings (SSSR count). The maximum absolute atomic E-state index is 12.6. The highest BCUT2D eigenvalue weighted by Gasteiger charge is 2.09. The molecule has 0 atom stereocenters. The fraction of sp³-hybridized carbons (Fsp3) is 0.222. The van der Waals surface area contributed by atoms with Crippen LogP contribution < -0.4 is 15.5 Å². The van der Waals surface area contributed by atoms with Crippen molar-refractivity contribution < 1.29 is 4.79 Å². The van der Waals surface area contributed by atoms with E-state index in [4.69, 9.17) is 0 Å². The number of benzene rings is 3. The lowest BCUT2D eigenvalue weighted by Crippen LogP contribution is -2.23. The van der Waals surface area contributed by atoms with Gasteiger partial charge in [0.1, 0.15) is 5.82 Å². The van der Waals surface area contributed by atoms with E-state index in [2.05, 4.69) is 57.5 Å². The van der Waals surface area contributed by atoms with Crippen molar-refractivity contribution in [2.24, 2.45) is 0 Å². The number of fused-ring (bicyclic) bond motifs is 1. The van der Waals surface area contributed by atoms with Crippen LogP contribution in [0.15, 0.2) is 72.8 Å². The second kappa shape index (κ2) is 10.1. The molecule has 0 aliphatic rings. The molecular weight excluding hydrogens is 410 g/mol. The van der Waals surface area contributed by atoms with Crippen LogP contribution in [0.1, 0.15) is 25.1 Å². The van der Waals surface area contributed by atoms with Crippen molar-refractivity contribution in [1.82, 2.24) is 9.97 Å². The zero-order valence-electron chi connectivity index (χ0n) is 19.3. The SMILES string of the molecule is CCN(CC)c1cc(C)nc(Nc2ccc(NC(=O)Cc3cccc4ccccc34)cc2)n1. The zero-order chi connectivity index (χ0) is 23.2. The molecule has 0 bridgehead atoms. The number of hydrogen-bond acceptors (Lipinski definition) is 5. The standard InChI is InChI=1S/C27H29N5O/c1-4-32(5-2)25-17-19(3)28-27(31-25)30-23-15-13-22(14-16-23)29-26(33)18-21-11-8-10-20-9-6-7-12-24(20)21/h6-17H,4-5,18H2,1-3H3,(H,29,33)(H,28,30,31). The monoisotopic (exact) mass is 439 g/mol. The summed E-state index contributed by atoms with van der Waals surface area (Å²) in [5, 5.41) is 8.50. The first-order chi connectivity index (χ1) is 16.1. The summed E-state index contributed by atoms with van der Waals surface area (Å²) in [5.41, 5.74) is 3.54. The topological polar surface area (TPSA) is 70.2 Å². The van der Waals surface area contributed by atoms with Gasteiger partial charge in [-0.2, -0.15) is 4.98 Å². The Morgan fingerprint density at radius 1 is 0.879 bits per heavy atom. The molecule has 0 fully saturated rings. The highest BCUT2D eigenvalue weighted by atomic mass is 16.1. The minimum atomic E-state index is -0.0436. The summed E-state index contributed by atoms with van der Waals surface area (Å²) in [6, 6.07) is 23.8. The Morgan fingerprint density at radius 3 is 2.33 bits per heavy atom. The molecule has 6 nitrogen and oxygen atoms in total. The van der Waals surface area contributed by atoms with Crippen LogP contribution in [0, 0.1) is 6.92 Å². The lowest BCUT2D eigenvalue weighted by molar-refractivity contribution is -0.115. The van der Waals surface area contributed by atoms with E-state index in [-0.39, 0.29) is 5.91 Å². The van der Waals surface area contributed by atoms with Crippen LogP contribution in [0.3, 0.4) is 0 Å². The molecule has 0 unspecified atom stereocenters. The molecule has 4 aromatic rings. The van der Waals surface area contributed by atoms with Gasteiger partial charge in [-0.15, -0.1) is 0 Å². The Balaban J connectivity index is 1.42. The van der Waals surface area contributed by atoms with E-state index in [0.717, 1.165) is 52.3 Å². The van der Waals surface area contributed by atoms with Crippen molar-refractivity contribution >= 4 is 39.8 Å². The number of carbonyl (C=O) groups excluding carboxylic acids is 1. The Hall–Kier alpha value is -3.93. The number of carbonyl (C=O) groups is 1. The zero-order valence-corrected chi connectivity index (χ0v) is 19.3. The number of aryl methyl sites for hydroxylation is 1. The van der Waals surface area contributed by atoms with E-state index in [0.29, 0.717) is 12.4 Å². The number of nitrogens with one attached hydrogen (secondary N) is 2. The first-order valence-corrected chi connectivity index (χ1v) is 11.3. The molecule has 6 heteroatoms. The highest BCUT2D eigenvalue weighted by molar-refractivity contribution is 5.96. The quantitative estimate of drug-likeness (QED) is 0.368. The highest BCUT2D eigenvalue weighted by Crippen LogP contribution is 2.22. The van der Waals surface area contributed by atoms with Gasteiger partial charge in [0.05, 0.1) is 6.42 Å². The van der Waals surface area contributed by atoms with Gasteiger partial charge in [-0.25, -0.2) is 4.98 Å². The number of amides is 1. The molecule has 0 saturated carbocycles. The van der Waals surface area contributed by atoms with Crippen molar-refractivity contribution in [2.45, 2.75) is 27.2 Å². The third-order valence-electron chi connectivity index (χ3n) is 5.58. The molecule has 3 aromatic carbocycles. The summed E-state index contributed by atoms with van der Waals surface area (Å²) in [6.07, 6.45) is 0.326. The molecule has 1 aromatic heterocycles. The molecule has 0 aliphatic heterocycles. The van der Waals surface area contributed by atoms with Gasteiger partial charge in [-0.1, -0.05) is 42.5 Å². The van der Waals surface area contributed by atoms with Crippen LogP contribution in [0.4, 0.5) is 23.1 Å². The van der Waals surface area contributed by atoms with E-state index >= 15 is 0 Å². The van der Waals surface area contributed by atoms with Crippen molar-refractivity contribution in [3.8, 4) is 0 Å². The van der Waals surface area contributed by atoms with Crippen molar-refractivity contribution in [1.29, 1.82) is 0 Å². The first kappa shape index (κ1) is 22.3. The van der Waals surface area contributed by atoms with Crippen LogP contribution in [0.25, 0.3) is 10.8 Å². The first-order valence-electron chi connectivity index (χ1n) is 11.3. The maximum Gasteiger partial charge on any atom is 0.229 e. The number of rotatable bonds is 8. The molecule has 168 valence electrons. The average Bonchev–Trinajstić information content (AvgIpc) is 2.81. The summed E-state index contributed by atoms with van der Waals surface area (Å²) in [4.78, 5) is 24.0. The molecular formula is C27H29N5O. The Kier molecular flexibility index (Phi) is 6.83. The van der Waals surface area contributed by atoms with Crippen LogP contribution in [-0.4, -0.2) is 29.0 Å². The second-order valence-electron chi connectivity index (χ2n) is 7.93. The van der Waals surface area contributed by atoms with Crippen molar-refractivity contribution in [2.75, 3.05) is 28.6 Å². The number of anilines is 4. The minimum absolute atomic E-state index is 0.0436. The second-order valence-corrected chi connectivity index (χ2v) is 7.93. The molecule has 33 heavy (non-hydrogen) atoms. The third kappa shape index (κ3) is 5.47. The summed E-state index contributed by atoms with van der Waals surface area (Å²) < 4.78 is 0. The molecule has 0 aliphatic carbocycles. The lowest BCUT2D eigenvalue weighted by atomic mass is 10.0. The van der Waals surface area contributed by atoms with Gasteiger partial charge in [0.25, 0.3) is 0 Å². The fourth-order valence-corrected chi connectivity index (χ4v) is 3.91. The summed E-state index contributed by atoms with van der Waals surface area (Å²) in [5.74, 6) is 1.43. The molecule has 0 spiro atoms. The van der Waals surface area contributed by atoms with Gasteiger partial charge in [0, 0.05) is 36.2 Å². The van der Waals surface area contributed by atoms with Gasteiger partial charge >= 0.3 is 0 Å². The molecule has 1 heterocycles. The summed E-state index contributed by atoms with van der Waals surface area (Å²) in [7, 11) is 0. The van der Waals surface area contributed by atoms with E-state index in [1.54, 1.807) is 0 Å². The number of aromatic nitrogens is 2. The van der Waals surface area contributed by atoms with Crippen molar-refractivity contribution in [3.63, 3.8) is 0 Å². The van der Waals surface area contributed by atoms with Gasteiger partial charge in [0.15, 0.2) is 0 Å². The van der Waals surface area contributed by atoms with Crippen LogP contribution in [0.5, 0.6) is 0 Å². The minimum Gasteiger partial charge on any atom is -0.357 e. The van der Waals surface area contributed by atoms with E-state index in [1.165, 1.54) is 0 Å². The smallest absolute Gasteiger partial charge is 0.229 e. The molecule has 0 radical (unpaired) electrons. The maximum atomic E-state index is 12.6. The number of hydrogen-bond donors (Lipinski definition) is 2. The van der Waals surface area contributed by atoms with Crippen LogP contribution in [-0.2, 0) is 11.2 Å². The third-order valence-corrected chi connectivity index (χ3v) is 5.58. The van der Waals surface area contributed by atoms with Crippen LogP contribution >= 0.6 is 0 Å². The summed E-state index contributed by atoms with van der Waals surface area (Å²) in [6.45, 7) is 7.97. The van der Waals surface area contributed by atoms with Crippen LogP contribution in [0.2, 0.25) is 0 Å². The predicted molar refractivity (Wildman–Crippen MR) is 136 cm³/mol. The van der Waals surface area contributed by atoms with Gasteiger partial charge in [0.2, 0.25) is 11.9 Å². The predicted octanol–water partition coefficient (Wildman–Crippen LogP) is 5.71. The van der Waals surface area contributed by atoms with Gasteiger partial charge < -0.3 is 15.5 Å². The summed E-state index contributed by atoms with van der Waals surface area (Å²) >= 11 is 0.